The third-order valence-corrected chi connectivity index (χ3v) is 5.50. The number of rotatable bonds is 3. The molecule has 1 amide bonds. The monoisotopic (exact) mass is 366 g/mol. The number of aromatic amines is 1. The molecule has 1 fully saturated rings. The normalized spacial score (nSPS) is 17.3. The number of piperidine rings is 1. The van der Waals surface area contributed by atoms with Crippen molar-refractivity contribution in [2.24, 2.45) is 0 Å². The number of ether oxygens (including phenoxy) is 1. The van der Waals surface area contributed by atoms with E-state index in [1.165, 1.54) is 6.07 Å². The van der Waals surface area contributed by atoms with Crippen molar-refractivity contribution >= 4 is 16.8 Å². The number of H-pyrrole nitrogens is 1. The predicted molar refractivity (Wildman–Crippen MR) is 104 cm³/mol. The van der Waals surface area contributed by atoms with E-state index in [4.69, 9.17) is 4.74 Å². The number of benzene rings is 2. The lowest BCUT2D eigenvalue weighted by Gasteiger charge is -2.36. The number of aryl methyl sites for hydroxylation is 1. The number of fused-ring (bicyclic) bond motifs is 1. The van der Waals surface area contributed by atoms with E-state index in [-0.39, 0.29) is 17.8 Å². The molecule has 1 N–H and O–H groups in total. The molecule has 2 heterocycles. The van der Waals surface area contributed by atoms with Gasteiger partial charge < -0.3 is 14.6 Å². The molecule has 1 saturated heterocycles. The van der Waals surface area contributed by atoms with Crippen LogP contribution in [0.3, 0.4) is 0 Å². The third kappa shape index (κ3) is 3.07. The quantitative estimate of drug-likeness (QED) is 0.710. The van der Waals surface area contributed by atoms with E-state index in [0.717, 1.165) is 41.5 Å². The van der Waals surface area contributed by atoms with Gasteiger partial charge in [0.15, 0.2) is 0 Å². The van der Waals surface area contributed by atoms with Crippen molar-refractivity contribution in [1.29, 1.82) is 0 Å². The van der Waals surface area contributed by atoms with Gasteiger partial charge in [0.2, 0.25) is 0 Å². The Morgan fingerprint density at radius 2 is 2.04 bits per heavy atom. The average Bonchev–Trinajstić information content (AvgIpc) is 3.05. The topological polar surface area (TPSA) is 45.3 Å². The van der Waals surface area contributed by atoms with Crippen LogP contribution in [0.2, 0.25) is 0 Å². The van der Waals surface area contributed by atoms with E-state index in [1.54, 1.807) is 13.2 Å². The molecule has 1 aromatic heterocycles. The van der Waals surface area contributed by atoms with Gasteiger partial charge in [-0.2, -0.15) is 0 Å². The number of amides is 1. The Hall–Kier alpha value is -2.82. The van der Waals surface area contributed by atoms with Crippen LogP contribution in [-0.4, -0.2) is 29.4 Å². The molecule has 4 nitrogen and oxygen atoms in total. The van der Waals surface area contributed by atoms with Gasteiger partial charge in [-0.1, -0.05) is 24.3 Å². The SMILES string of the molecule is COc1cccc([C@@H]2CCCCN2C(=O)c2[nH]c3c(F)cccc3c2C)c1. The maximum atomic E-state index is 14.1. The Morgan fingerprint density at radius 3 is 2.81 bits per heavy atom. The second-order valence-electron chi connectivity index (χ2n) is 7.07. The predicted octanol–water partition coefficient (Wildman–Crippen LogP) is 4.99. The molecule has 0 spiro atoms. The summed E-state index contributed by atoms with van der Waals surface area (Å²) in [5.41, 5.74) is 2.74. The minimum absolute atomic E-state index is 0.00277. The molecule has 0 unspecified atom stereocenters. The summed E-state index contributed by atoms with van der Waals surface area (Å²) in [5, 5.41) is 0.758. The van der Waals surface area contributed by atoms with Crippen molar-refractivity contribution in [1.82, 2.24) is 9.88 Å². The third-order valence-electron chi connectivity index (χ3n) is 5.50. The number of aromatic nitrogens is 1. The molecular formula is C22H23FN2O2. The van der Waals surface area contributed by atoms with Gasteiger partial charge in [0.1, 0.15) is 17.3 Å². The van der Waals surface area contributed by atoms with Gasteiger partial charge in [0.25, 0.3) is 5.91 Å². The van der Waals surface area contributed by atoms with Crippen LogP contribution in [0.5, 0.6) is 5.75 Å². The van der Waals surface area contributed by atoms with Gasteiger partial charge in [-0.3, -0.25) is 4.79 Å². The first-order chi connectivity index (χ1) is 13.1. The molecule has 0 aliphatic carbocycles. The average molecular weight is 366 g/mol. The second kappa shape index (κ2) is 7.06. The number of carbonyl (C=O) groups is 1. The van der Waals surface area contributed by atoms with Gasteiger partial charge in [0.05, 0.1) is 18.7 Å². The number of likely N-dealkylation sites (tertiary alicyclic amines) is 1. The summed E-state index contributed by atoms with van der Waals surface area (Å²) >= 11 is 0. The number of nitrogens with zero attached hydrogens (tertiary/aromatic N) is 1. The van der Waals surface area contributed by atoms with Gasteiger partial charge in [0, 0.05) is 11.9 Å². The summed E-state index contributed by atoms with van der Waals surface area (Å²) in [7, 11) is 1.64. The van der Waals surface area contributed by atoms with Crippen molar-refractivity contribution in [3.8, 4) is 5.75 Å². The van der Waals surface area contributed by atoms with Gasteiger partial charge in [-0.25, -0.2) is 4.39 Å². The molecule has 0 radical (unpaired) electrons. The highest BCUT2D eigenvalue weighted by molar-refractivity contribution is 6.01. The minimum Gasteiger partial charge on any atom is -0.497 e. The lowest BCUT2D eigenvalue weighted by atomic mass is 9.94. The van der Waals surface area contributed by atoms with Crippen molar-refractivity contribution in [3.63, 3.8) is 0 Å². The fraction of sp³-hybridized carbons (Fsp3) is 0.318. The van der Waals surface area contributed by atoms with E-state index in [9.17, 15) is 9.18 Å². The van der Waals surface area contributed by atoms with Crippen LogP contribution in [0.1, 0.15) is 46.9 Å². The number of hydrogen-bond donors (Lipinski definition) is 1. The zero-order valence-electron chi connectivity index (χ0n) is 15.6. The van der Waals surface area contributed by atoms with Crippen LogP contribution in [0.4, 0.5) is 4.39 Å². The molecule has 5 heteroatoms. The number of methoxy groups -OCH3 is 1. The molecule has 140 valence electrons. The van der Waals surface area contributed by atoms with Crippen molar-refractivity contribution in [2.45, 2.75) is 32.2 Å². The lowest BCUT2D eigenvalue weighted by molar-refractivity contribution is 0.0605. The van der Waals surface area contributed by atoms with E-state index in [0.29, 0.717) is 17.8 Å². The summed E-state index contributed by atoms with van der Waals surface area (Å²) in [6.07, 6.45) is 2.96. The molecule has 2 aromatic carbocycles. The highest BCUT2D eigenvalue weighted by atomic mass is 19.1. The van der Waals surface area contributed by atoms with Crippen LogP contribution in [0, 0.1) is 12.7 Å². The molecule has 0 saturated carbocycles. The van der Waals surface area contributed by atoms with Gasteiger partial charge >= 0.3 is 0 Å². The second-order valence-corrected chi connectivity index (χ2v) is 7.07. The first-order valence-corrected chi connectivity index (χ1v) is 9.32. The Balaban J connectivity index is 1.73. The molecule has 0 bridgehead atoms. The van der Waals surface area contributed by atoms with Crippen molar-refractivity contribution in [3.05, 3.63) is 65.1 Å². The van der Waals surface area contributed by atoms with E-state index in [1.807, 2.05) is 42.2 Å². The number of carbonyl (C=O) groups excluding carboxylic acids is 1. The summed E-state index contributed by atoms with van der Waals surface area (Å²) < 4.78 is 19.5. The first kappa shape index (κ1) is 17.6. The maximum absolute atomic E-state index is 14.1. The molecule has 1 aliphatic heterocycles. The van der Waals surface area contributed by atoms with Crippen LogP contribution in [-0.2, 0) is 0 Å². The highest BCUT2D eigenvalue weighted by Crippen LogP contribution is 2.35. The number of hydrogen-bond acceptors (Lipinski definition) is 2. The van der Waals surface area contributed by atoms with E-state index >= 15 is 0 Å². The van der Waals surface area contributed by atoms with Crippen LogP contribution >= 0.6 is 0 Å². The van der Waals surface area contributed by atoms with Crippen LogP contribution < -0.4 is 4.74 Å². The van der Waals surface area contributed by atoms with Crippen LogP contribution in [0.25, 0.3) is 10.9 Å². The summed E-state index contributed by atoms with van der Waals surface area (Å²) in [5.74, 6) is 0.377. The minimum atomic E-state index is -0.336. The summed E-state index contributed by atoms with van der Waals surface area (Å²) in [6.45, 7) is 2.56. The molecule has 27 heavy (non-hydrogen) atoms. The number of nitrogens with one attached hydrogen (secondary N) is 1. The largest absolute Gasteiger partial charge is 0.497 e. The van der Waals surface area contributed by atoms with Gasteiger partial charge in [-0.15, -0.1) is 0 Å². The summed E-state index contributed by atoms with van der Waals surface area (Å²) in [4.78, 5) is 18.3. The number of para-hydroxylation sites is 1. The first-order valence-electron chi connectivity index (χ1n) is 9.32. The van der Waals surface area contributed by atoms with Crippen molar-refractivity contribution in [2.75, 3.05) is 13.7 Å². The molecule has 4 rings (SSSR count). The zero-order valence-corrected chi connectivity index (χ0v) is 15.6. The maximum Gasteiger partial charge on any atom is 0.271 e. The smallest absolute Gasteiger partial charge is 0.271 e. The Labute approximate surface area is 157 Å². The summed E-state index contributed by atoms with van der Waals surface area (Å²) in [6, 6.07) is 12.8. The molecule has 3 aromatic rings. The molecule has 1 atom stereocenters. The van der Waals surface area contributed by atoms with Crippen LogP contribution in [0.15, 0.2) is 42.5 Å². The van der Waals surface area contributed by atoms with E-state index in [2.05, 4.69) is 4.98 Å². The van der Waals surface area contributed by atoms with Crippen molar-refractivity contribution < 1.29 is 13.9 Å². The van der Waals surface area contributed by atoms with Gasteiger partial charge in [-0.05, 0) is 55.5 Å². The Morgan fingerprint density at radius 1 is 1.22 bits per heavy atom. The molecular weight excluding hydrogens is 343 g/mol. The Bertz CT molecular complexity index is 995. The number of halogens is 1. The fourth-order valence-corrected chi connectivity index (χ4v) is 4.04. The highest BCUT2D eigenvalue weighted by Gasteiger charge is 2.31. The lowest BCUT2D eigenvalue weighted by Crippen LogP contribution is -2.39. The standard InChI is InChI=1S/C22H23FN2O2/c1-14-17-9-6-10-18(23)21(17)24-20(14)22(26)25-12-4-3-11-19(25)15-7-5-8-16(13-15)27-2/h5-10,13,19,24H,3-4,11-12H2,1-2H3/t19-/m0/s1. The molecule has 1 aliphatic rings. The fourth-order valence-electron chi connectivity index (χ4n) is 4.04. The Kier molecular flexibility index (Phi) is 4.60. The zero-order chi connectivity index (χ0) is 19.0. The van der Waals surface area contributed by atoms with E-state index < -0.39 is 0 Å².